The Morgan fingerprint density at radius 2 is 1.76 bits per heavy atom. The van der Waals surface area contributed by atoms with Crippen molar-refractivity contribution in [2.75, 3.05) is 56.7 Å². The van der Waals surface area contributed by atoms with Crippen LogP contribution in [0.4, 0.5) is 20.2 Å². The summed E-state index contributed by atoms with van der Waals surface area (Å²) < 4.78 is 33.0. The second-order valence-corrected chi connectivity index (χ2v) is 11.5. The lowest BCUT2D eigenvalue weighted by molar-refractivity contribution is 0.0904. The smallest absolute Gasteiger partial charge is 0.258 e. The van der Waals surface area contributed by atoms with Gasteiger partial charge in [0.05, 0.1) is 12.1 Å². The second kappa shape index (κ2) is 12.6. The highest BCUT2D eigenvalue weighted by atomic mass is 19.1. The van der Waals surface area contributed by atoms with Crippen molar-refractivity contribution in [3.05, 3.63) is 94.0 Å². The van der Waals surface area contributed by atoms with E-state index in [-0.39, 0.29) is 11.9 Å². The van der Waals surface area contributed by atoms with Crippen LogP contribution in [0.3, 0.4) is 0 Å². The first-order chi connectivity index (χ1) is 20.4. The van der Waals surface area contributed by atoms with Crippen molar-refractivity contribution in [2.24, 2.45) is 4.99 Å². The Morgan fingerprint density at radius 1 is 0.952 bits per heavy atom. The van der Waals surface area contributed by atoms with E-state index in [0.29, 0.717) is 43.1 Å². The first-order valence-corrected chi connectivity index (χ1v) is 14.8. The predicted octanol–water partition coefficient (Wildman–Crippen LogP) is 4.98. The number of nitrogens with one attached hydrogen (secondary N) is 2. The van der Waals surface area contributed by atoms with Gasteiger partial charge in [0.2, 0.25) is 0 Å². The number of hydrogen-bond donors (Lipinski definition) is 2. The molecule has 3 heterocycles. The Bertz CT molecular complexity index is 1470. The number of likely N-dealkylation sites (N-methyl/N-ethyl adjacent to an activating group) is 1. The summed E-state index contributed by atoms with van der Waals surface area (Å²) in [7, 11) is 2.16. The SMILES string of the molecule is CN1CCCN(c2ccc(C(=O)NC3=NCc4ccc(Cc5cc(F)cc(F)c5)cc43)c(NC3CCOCC3)c2)CC1. The third kappa shape index (κ3) is 6.63. The van der Waals surface area contributed by atoms with Crippen LogP contribution in [0.25, 0.3) is 0 Å². The van der Waals surface area contributed by atoms with Crippen molar-refractivity contribution in [1.29, 1.82) is 0 Å². The lowest BCUT2D eigenvalue weighted by Gasteiger charge is -2.28. The van der Waals surface area contributed by atoms with Gasteiger partial charge >= 0.3 is 0 Å². The molecule has 220 valence electrons. The van der Waals surface area contributed by atoms with Crippen LogP contribution in [0.15, 0.2) is 59.6 Å². The first-order valence-electron chi connectivity index (χ1n) is 14.8. The van der Waals surface area contributed by atoms with Gasteiger partial charge in [-0.25, -0.2) is 8.78 Å². The summed E-state index contributed by atoms with van der Waals surface area (Å²) in [6.07, 6.45) is 3.24. The van der Waals surface area contributed by atoms with Gasteiger partial charge in [0.15, 0.2) is 0 Å². The molecule has 0 saturated carbocycles. The number of nitrogens with zero attached hydrogens (tertiary/aromatic N) is 3. The van der Waals surface area contributed by atoms with Crippen LogP contribution < -0.4 is 15.5 Å². The van der Waals surface area contributed by atoms with E-state index in [1.54, 1.807) is 0 Å². The largest absolute Gasteiger partial charge is 0.381 e. The van der Waals surface area contributed by atoms with Crippen molar-refractivity contribution < 1.29 is 18.3 Å². The fraction of sp³-hybridized carbons (Fsp3) is 0.394. The van der Waals surface area contributed by atoms with E-state index in [1.165, 1.54) is 12.1 Å². The summed E-state index contributed by atoms with van der Waals surface area (Å²) in [5.41, 5.74) is 5.77. The minimum absolute atomic E-state index is 0.226. The minimum Gasteiger partial charge on any atom is -0.381 e. The molecule has 3 aromatic rings. The number of carbonyl (C=O) groups excluding carboxylic acids is 1. The van der Waals surface area contributed by atoms with E-state index in [2.05, 4.69) is 38.5 Å². The van der Waals surface area contributed by atoms with Gasteiger partial charge in [-0.1, -0.05) is 12.1 Å². The van der Waals surface area contributed by atoms with Gasteiger partial charge < -0.3 is 25.2 Å². The molecule has 0 radical (unpaired) electrons. The number of benzene rings is 3. The maximum Gasteiger partial charge on any atom is 0.258 e. The summed E-state index contributed by atoms with van der Waals surface area (Å²) in [4.78, 5) is 23.1. The number of anilines is 2. The van der Waals surface area contributed by atoms with Gasteiger partial charge in [0, 0.05) is 61.9 Å². The average molecular weight is 574 g/mol. The van der Waals surface area contributed by atoms with Crippen LogP contribution in [0.5, 0.6) is 0 Å². The maximum absolute atomic E-state index is 13.7. The van der Waals surface area contributed by atoms with Crippen molar-refractivity contribution in [3.63, 3.8) is 0 Å². The number of ether oxygens (including phenoxy) is 1. The fourth-order valence-electron chi connectivity index (χ4n) is 5.98. The van der Waals surface area contributed by atoms with Crippen molar-refractivity contribution in [3.8, 4) is 0 Å². The molecule has 3 aromatic carbocycles. The van der Waals surface area contributed by atoms with Crippen molar-refractivity contribution in [1.82, 2.24) is 10.2 Å². The number of halogens is 2. The summed E-state index contributed by atoms with van der Waals surface area (Å²) in [5.74, 6) is -0.907. The number of hydrogen-bond acceptors (Lipinski definition) is 6. The maximum atomic E-state index is 13.7. The van der Waals surface area contributed by atoms with Gasteiger partial charge in [0.25, 0.3) is 5.91 Å². The molecular formula is C33H37F2N5O2. The Kier molecular flexibility index (Phi) is 8.48. The molecule has 2 saturated heterocycles. The van der Waals surface area contributed by atoms with Crippen LogP contribution >= 0.6 is 0 Å². The van der Waals surface area contributed by atoms with E-state index < -0.39 is 11.6 Å². The Labute approximate surface area is 245 Å². The van der Waals surface area contributed by atoms with Gasteiger partial charge in [-0.15, -0.1) is 0 Å². The second-order valence-electron chi connectivity index (χ2n) is 11.5. The van der Waals surface area contributed by atoms with Gasteiger partial charge in [-0.2, -0.15) is 0 Å². The standard InChI is InChI=1S/C33H37F2N5O2/c1-39-9-2-10-40(12-11-39)28-5-6-29(31(20-28)37-27-7-13-42-14-8-27)33(41)38-32-30-18-22(3-4-24(30)21-36-32)15-23-16-25(34)19-26(35)17-23/h3-6,16-20,27,37H,2,7-15,21H2,1H3,(H,36,38,41). The molecule has 6 rings (SSSR count). The van der Waals surface area contributed by atoms with Crippen molar-refractivity contribution >= 4 is 23.1 Å². The summed E-state index contributed by atoms with van der Waals surface area (Å²) in [6, 6.07) is 15.7. The molecule has 2 fully saturated rings. The van der Waals surface area contributed by atoms with Gasteiger partial charge in [-0.3, -0.25) is 9.79 Å². The van der Waals surface area contributed by atoms with Crippen LogP contribution in [0.1, 0.15) is 51.9 Å². The highest BCUT2D eigenvalue weighted by Crippen LogP contribution is 2.28. The molecule has 0 unspecified atom stereocenters. The van der Waals surface area contributed by atoms with E-state index in [1.807, 2.05) is 30.3 Å². The predicted molar refractivity (Wildman–Crippen MR) is 162 cm³/mol. The third-order valence-electron chi connectivity index (χ3n) is 8.31. The highest BCUT2D eigenvalue weighted by molar-refractivity contribution is 6.15. The lowest BCUT2D eigenvalue weighted by Crippen LogP contribution is -2.33. The number of aliphatic imine (C=N–C) groups is 1. The number of rotatable bonds is 6. The van der Waals surface area contributed by atoms with Crippen LogP contribution in [-0.2, 0) is 17.7 Å². The number of fused-ring (bicyclic) bond motifs is 1. The zero-order chi connectivity index (χ0) is 29.1. The molecule has 2 N–H and O–H groups in total. The Morgan fingerprint density at radius 3 is 2.57 bits per heavy atom. The quantitative estimate of drug-likeness (QED) is 0.436. The van der Waals surface area contributed by atoms with Crippen molar-refractivity contribution in [2.45, 2.75) is 38.3 Å². The monoisotopic (exact) mass is 573 g/mol. The lowest BCUT2D eigenvalue weighted by atomic mass is 9.99. The number of amides is 1. The zero-order valence-electron chi connectivity index (χ0n) is 24.0. The average Bonchev–Trinajstić information content (AvgIpc) is 3.22. The topological polar surface area (TPSA) is 69.2 Å². The van der Waals surface area contributed by atoms with Gasteiger partial charge in [-0.05, 0) is 92.4 Å². The summed E-state index contributed by atoms with van der Waals surface area (Å²) in [6.45, 7) is 5.87. The minimum atomic E-state index is -0.597. The molecule has 7 nitrogen and oxygen atoms in total. The zero-order valence-corrected chi connectivity index (χ0v) is 24.0. The van der Waals surface area contributed by atoms with E-state index in [9.17, 15) is 13.6 Å². The third-order valence-corrected chi connectivity index (χ3v) is 8.31. The van der Waals surface area contributed by atoms with E-state index >= 15 is 0 Å². The van der Waals surface area contributed by atoms with Crippen LogP contribution in [0, 0.1) is 11.6 Å². The molecule has 0 atom stereocenters. The molecule has 0 spiro atoms. The summed E-state index contributed by atoms with van der Waals surface area (Å²) >= 11 is 0. The fourth-order valence-corrected chi connectivity index (χ4v) is 5.98. The van der Waals surface area contributed by atoms with Crippen LogP contribution in [0.2, 0.25) is 0 Å². The van der Waals surface area contributed by atoms with Crippen LogP contribution in [-0.4, -0.2) is 69.1 Å². The summed E-state index contributed by atoms with van der Waals surface area (Å²) in [5, 5.41) is 6.70. The molecule has 1 amide bonds. The molecule has 3 aliphatic rings. The molecule has 9 heteroatoms. The molecule has 0 bridgehead atoms. The number of amidine groups is 1. The normalized spacial score (nSPS) is 17.9. The Hall–Kier alpha value is -3.82. The van der Waals surface area contributed by atoms with E-state index in [4.69, 9.17) is 4.74 Å². The molecular weight excluding hydrogens is 536 g/mol. The molecule has 3 aliphatic heterocycles. The molecule has 42 heavy (non-hydrogen) atoms. The first kappa shape index (κ1) is 28.3. The van der Waals surface area contributed by atoms with Gasteiger partial charge in [0.1, 0.15) is 17.5 Å². The highest BCUT2D eigenvalue weighted by Gasteiger charge is 2.24. The Balaban J connectivity index is 1.23. The molecule has 0 aromatic heterocycles. The number of carbonyl (C=O) groups is 1. The van der Waals surface area contributed by atoms with E-state index in [0.717, 1.165) is 79.6 Å². The molecule has 0 aliphatic carbocycles.